The summed E-state index contributed by atoms with van der Waals surface area (Å²) in [4.78, 5) is 23.5. The van der Waals surface area contributed by atoms with Crippen LogP contribution in [0.4, 0.5) is 18.9 Å². The third kappa shape index (κ3) is 5.03. The molecule has 0 bridgehead atoms. The zero-order valence-corrected chi connectivity index (χ0v) is 14.3. The molecule has 9 heteroatoms. The summed E-state index contributed by atoms with van der Waals surface area (Å²) in [7, 11) is 0. The summed E-state index contributed by atoms with van der Waals surface area (Å²) in [6.45, 7) is -0.456. The predicted octanol–water partition coefficient (Wildman–Crippen LogP) is 3.63. The van der Waals surface area contributed by atoms with E-state index in [4.69, 9.17) is 14.2 Å². The van der Waals surface area contributed by atoms with Crippen LogP contribution in [0.3, 0.4) is 0 Å². The van der Waals surface area contributed by atoms with Crippen LogP contribution in [-0.2, 0) is 20.5 Å². The first-order valence-electron chi connectivity index (χ1n) is 8.03. The number of anilines is 1. The number of hydrogen-bond acceptors (Lipinski definition) is 5. The van der Waals surface area contributed by atoms with Crippen molar-refractivity contribution in [3.05, 3.63) is 59.7 Å². The second-order valence-corrected chi connectivity index (χ2v) is 5.68. The lowest BCUT2D eigenvalue weighted by molar-refractivity contribution is -0.142. The highest BCUT2D eigenvalue weighted by atomic mass is 19.4. The van der Waals surface area contributed by atoms with E-state index in [0.717, 1.165) is 18.2 Å². The number of amides is 1. The van der Waals surface area contributed by atoms with Crippen molar-refractivity contribution in [2.45, 2.75) is 6.18 Å². The van der Waals surface area contributed by atoms with Crippen molar-refractivity contribution in [3.63, 3.8) is 0 Å². The summed E-state index contributed by atoms with van der Waals surface area (Å²) in [5, 5.41) is 2.52. The van der Waals surface area contributed by atoms with Crippen molar-refractivity contribution < 1.29 is 37.0 Å². The highest BCUT2D eigenvalue weighted by Crippen LogP contribution is 2.34. The highest BCUT2D eigenvalue weighted by molar-refractivity contribution is 5.94. The Hall–Kier alpha value is -3.49. The number of nitrogens with one attached hydrogen (secondary N) is 1. The van der Waals surface area contributed by atoms with Crippen LogP contribution in [0.5, 0.6) is 11.5 Å². The van der Waals surface area contributed by atoms with Crippen molar-refractivity contribution in [2.24, 2.45) is 0 Å². The molecule has 0 fully saturated rings. The average Bonchev–Trinajstić information content (AvgIpc) is 3.12. The fourth-order valence-electron chi connectivity index (χ4n) is 2.34. The Morgan fingerprint density at radius 1 is 1.11 bits per heavy atom. The number of benzene rings is 2. The molecular formula is C19H14F3NO5. The van der Waals surface area contributed by atoms with Gasteiger partial charge >= 0.3 is 12.1 Å². The Morgan fingerprint density at radius 2 is 1.89 bits per heavy atom. The topological polar surface area (TPSA) is 73.9 Å². The number of carbonyl (C=O) groups is 2. The van der Waals surface area contributed by atoms with Crippen LogP contribution >= 0.6 is 0 Å². The molecule has 6 nitrogen and oxygen atoms in total. The number of hydrogen-bond donors (Lipinski definition) is 1. The molecule has 0 aromatic heterocycles. The van der Waals surface area contributed by atoms with Crippen LogP contribution in [0.25, 0.3) is 6.08 Å². The van der Waals surface area contributed by atoms with Crippen molar-refractivity contribution in [1.82, 2.24) is 0 Å². The molecule has 0 saturated heterocycles. The van der Waals surface area contributed by atoms with E-state index in [9.17, 15) is 22.8 Å². The van der Waals surface area contributed by atoms with E-state index in [1.54, 1.807) is 18.2 Å². The number of halogens is 3. The smallest absolute Gasteiger partial charge is 0.416 e. The van der Waals surface area contributed by atoms with Gasteiger partial charge in [0.1, 0.15) is 0 Å². The van der Waals surface area contributed by atoms with Gasteiger partial charge in [-0.15, -0.1) is 0 Å². The largest absolute Gasteiger partial charge is 0.454 e. The van der Waals surface area contributed by atoms with Crippen LogP contribution in [0.1, 0.15) is 11.1 Å². The predicted molar refractivity (Wildman–Crippen MR) is 92.6 cm³/mol. The van der Waals surface area contributed by atoms with Gasteiger partial charge in [-0.1, -0.05) is 12.1 Å². The molecule has 2 aromatic carbocycles. The van der Waals surface area contributed by atoms with E-state index < -0.39 is 30.2 Å². The van der Waals surface area contributed by atoms with Crippen LogP contribution in [-0.4, -0.2) is 25.3 Å². The Kier molecular flexibility index (Phi) is 5.53. The zero-order chi connectivity index (χ0) is 20.1. The van der Waals surface area contributed by atoms with Gasteiger partial charge in [-0.25, -0.2) is 4.79 Å². The molecule has 3 rings (SSSR count). The van der Waals surface area contributed by atoms with Crippen molar-refractivity contribution >= 4 is 23.6 Å². The second-order valence-electron chi connectivity index (χ2n) is 5.68. The van der Waals surface area contributed by atoms with Gasteiger partial charge in [0, 0.05) is 17.8 Å². The molecule has 1 amide bonds. The first-order valence-corrected chi connectivity index (χ1v) is 8.03. The van der Waals surface area contributed by atoms with E-state index in [2.05, 4.69) is 5.32 Å². The summed E-state index contributed by atoms with van der Waals surface area (Å²) < 4.78 is 53.1. The molecule has 0 aliphatic carbocycles. The number of carbonyl (C=O) groups excluding carboxylic acids is 2. The molecule has 28 heavy (non-hydrogen) atoms. The quantitative estimate of drug-likeness (QED) is 0.620. The first kappa shape index (κ1) is 19.3. The maximum absolute atomic E-state index is 12.7. The molecule has 1 aliphatic rings. The molecule has 0 unspecified atom stereocenters. The summed E-state index contributed by atoms with van der Waals surface area (Å²) in [6.07, 6.45) is -2.35. The number of alkyl halides is 3. The number of rotatable bonds is 5. The zero-order valence-electron chi connectivity index (χ0n) is 14.3. The Morgan fingerprint density at radius 3 is 2.68 bits per heavy atom. The maximum atomic E-state index is 12.7. The molecule has 1 heterocycles. The van der Waals surface area contributed by atoms with Crippen LogP contribution in [0.15, 0.2) is 48.5 Å². The van der Waals surface area contributed by atoms with E-state index >= 15 is 0 Å². The fourth-order valence-corrected chi connectivity index (χ4v) is 2.34. The Balaban J connectivity index is 1.50. The minimum atomic E-state index is -4.48. The molecule has 146 valence electrons. The van der Waals surface area contributed by atoms with Crippen LogP contribution in [0.2, 0.25) is 0 Å². The lowest BCUT2D eigenvalue weighted by atomic mass is 10.1. The van der Waals surface area contributed by atoms with Crippen molar-refractivity contribution in [3.8, 4) is 11.5 Å². The summed E-state index contributed by atoms with van der Waals surface area (Å²) in [6, 6.07) is 9.25. The molecule has 0 radical (unpaired) electrons. The minimum absolute atomic E-state index is 0.0998. The SMILES string of the molecule is O=C(COC(=O)/C=C/c1cccc(C(F)(F)F)c1)Nc1ccc2c(c1)OCO2. The van der Waals surface area contributed by atoms with Crippen LogP contribution in [0, 0.1) is 0 Å². The molecule has 2 aromatic rings. The summed E-state index contributed by atoms with van der Waals surface area (Å²) >= 11 is 0. The van der Waals surface area contributed by atoms with Gasteiger partial charge in [-0.2, -0.15) is 13.2 Å². The Labute approximate surface area is 157 Å². The lowest BCUT2D eigenvalue weighted by Gasteiger charge is -2.07. The molecule has 0 atom stereocenters. The second kappa shape index (κ2) is 8.03. The van der Waals surface area contributed by atoms with Crippen LogP contribution < -0.4 is 14.8 Å². The van der Waals surface area contributed by atoms with Gasteiger partial charge in [0.05, 0.1) is 5.56 Å². The molecule has 0 spiro atoms. The minimum Gasteiger partial charge on any atom is -0.454 e. The van der Waals surface area contributed by atoms with E-state index in [1.807, 2.05) is 0 Å². The van der Waals surface area contributed by atoms with Crippen molar-refractivity contribution in [1.29, 1.82) is 0 Å². The van der Waals surface area contributed by atoms with Gasteiger partial charge in [0.25, 0.3) is 5.91 Å². The average molecular weight is 393 g/mol. The van der Waals surface area contributed by atoms with E-state index in [1.165, 1.54) is 18.2 Å². The monoisotopic (exact) mass is 393 g/mol. The number of ether oxygens (including phenoxy) is 3. The number of esters is 1. The maximum Gasteiger partial charge on any atom is 0.416 e. The van der Waals surface area contributed by atoms with Crippen molar-refractivity contribution in [2.75, 3.05) is 18.7 Å². The normalized spacial score (nSPS) is 12.8. The molecule has 1 aliphatic heterocycles. The summed E-state index contributed by atoms with van der Waals surface area (Å²) in [5.41, 5.74) is -0.215. The first-order chi connectivity index (χ1) is 13.3. The van der Waals surface area contributed by atoms with Gasteiger partial charge in [0.15, 0.2) is 18.1 Å². The fraction of sp³-hybridized carbons (Fsp3) is 0.158. The van der Waals surface area contributed by atoms with E-state index in [-0.39, 0.29) is 12.4 Å². The lowest BCUT2D eigenvalue weighted by Crippen LogP contribution is -2.20. The van der Waals surface area contributed by atoms with Gasteiger partial charge in [0.2, 0.25) is 6.79 Å². The molecule has 1 N–H and O–H groups in total. The van der Waals surface area contributed by atoms with Gasteiger partial charge < -0.3 is 19.5 Å². The third-order valence-electron chi connectivity index (χ3n) is 3.63. The highest BCUT2D eigenvalue weighted by Gasteiger charge is 2.30. The molecular weight excluding hydrogens is 379 g/mol. The van der Waals surface area contributed by atoms with E-state index in [0.29, 0.717) is 17.2 Å². The summed E-state index contributed by atoms with van der Waals surface area (Å²) in [5.74, 6) is -0.402. The van der Waals surface area contributed by atoms with Gasteiger partial charge in [-0.3, -0.25) is 4.79 Å². The Bertz CT molecular complexity index is 924. The number of fused-ring (bicyclic) bond motifs is 1. The standard InChI is InChI=1S/C19H14F3NO5/c20-19(21,22)13-3-1-2-12(8-13)4-7-18(25)26-10-17(24)23-14-5-6-15-16(9-14)28-11-27-15/h1-9H,10-11H2,(H,23,24)/b7-4+. The van der Waals surface area contributed by atoms with Gasteiger partial charge in [-0.05, 0) is 35.9 Å². The third-order valence-corrected chi connectivity index (χ3v) is 3.63. The molecule has 0 saturated carbocycles.